The Kier molecular flexibility index (Phi) is 4.26. The largest absolute Gasteiger partial charge is 0.394 e. The van der Waals surface area contributed by atoms with Crippen molar-refractivity contribution in [3.63, 3.8) is 0 Å². The van der Waals surface area contributed by atoms with Gasteiger partial charge in [0, 0.05) is 17.6 Å². The van der Waals surface area contributed by atoms with Crippen LogP contribution in [0.4, 0.5) is 0 Å². The molecule has 0 radical (unpaired) electrons. The van der Waals surface area contributed by atoms with E-state index in [0.29, 0.717) is 12.5 Å². The third-order valence-corrected chi connectivity index (χ3v) is 4.58. The van der Waals surface area contributed by atoms with Crippen molar-refractivity contribution in [3.8, 4) is 0 Å². The number of aliphatic hydroxyl groups is 1. The molecular weight excluding hydrogens is 252 g/mol. The number of hydrogen-bond acceptors (Lipinski definition) is 4. The van der Waals surface area contributed by atoms with Crippen molar-refractivity contribution in [2.45, 2.75) is 66.0 Å². The average molecular weight is 280 g/mol. The zero-order valence-corrected chi connectivity index (χ0v) is 13.4. The molecule has 1 aliphatic rings. The maximum absolute atomic E-state index is 9.96. The van der Waals surface area contributed by atoms with Crippen molar-refractivity contribution in [2.75, 3.05) is 6.61 Å². The molecule has 1 aliphatic carbocycles. The van der Waals surface area contributed by atoms with Crippen LogP contribution in [0.25, 0.3) is 0 Å². The van der Waals surface area contributed by atoms with Crippen molar-refractivity contribution < 1.29 is 9.63 Å². The topological polar surface area (TPSA) is 58.3 Å². The summed E-state index contributed by atoms with van der Waals surface area (Å²) in [6.45, 7) is 11.7. The molecule has 20 heavy (non-hydrogen) atoms. The van der Waals surface area contributed by atoms with Crippen molar-refractivity contribution in [1.82, 2.24) is 10.5 Å². The minimum absolute atomic E-state index is 0.183. The summed E-state index contributed by atoms with van der Waals surface area (Å²) in [5, 5.41) is 17.6. The number of rotatable bonds is 4. The van der Waals surface area contributed by atoms with Gasteiger partial charge in [-0.2, -0.15) is 0 Å². The molecule has 2 N–H and O–H groups in total. The fourth-order valence-electron chi connectivity index (χ4n) is 4.08. The van der Waals surface area contributed by atoms with Crippen LogP contribution in [0.2, 0.25) is 0 Å². The van der Waals surface area contributed by atoms with Gasteiger partial charge in [0.15, 0.2) is 0 Å². The minimum atomic E-state index is -0.183. The van der Waals surface area contributed by atoms with E-state index in [-0.39, 0.29) is 17.6 Å². The van der Waals surface area contributed by atoms with Crippen molar-refractivity contribution in [2.24, 2.45) is 11.3 Å². The van der Waals surface area contributed by atoms with E-state index in [2.05, 4.69) is 31.2 Å². The lowest BCUT2D eigenvalue weighted by Crippen LogP contribution is -2.54. The molecule has 4 nitrogen and oxygen atoms in total. The highest BCUT2D eigenvalue weighted by atomic mass is 16.5. The molecule has 1 heterocycles. The summed E-state index contributed by atoms with van der Waals surface area (Å²) in [5.41, 5.74) is 2.14. The molecule has 0 saturated heterocycles. The average Bonchev–Trinajstić information content (AvgIpc) is 2.64. The predicted octanol–water partition coefficient (Wildman–Crippen LogP) is 2.96. The summed E-state index contributed by atoms with van der Waals surface area (Å²) < 4.78 is 5.21. The molecular formula is C16H28N2O2. The number of nitrogens with one attached hydrogen (secondary N) is 1. The highest BCUT2D eigenvalue weighted by molar-refractivity contribution is 5.21. The molecule has 0 bridgehead atoms. The fourth-order valence-corrected chi connectivity index (χ4v) is 4.08. The van der Waals surface area contributed by atoms with E-state index < -0.39 is 0 Å². The molecule has 0 aliphatic heterocycles. The second-order valence-corrected chi connectivity index (χ2v) is 7.45. The van der Waals surface area contributed by atoms with Gasteiger partial charge < -0.3 is 14.9 Å². The van der Waals surface area contributed by atoms with Gasteiger partial charge in [0.25, 0.3) is 0 Å². The summed E-state index contributed by atoms with van der Waals surface area (Å²) in [4.78, 5) is 0. The van der Waals surface area contributed by atoms with Gasteiger partial charge >= 0.3 is 0 Å². The standard InChI is InChI=1S/C16H28N2O2/c1-11-6-15(4,5)9-16(7-11,10-19)17-8-14-12(2)18-20-13(14)3/h11,17,19H,6-10H2,1-5H3/t11-,16-/m0/s1. The van der Waals surface area contributed by atoms with Crippen molar-refractivity contribution in [1.29, 1.82) is 0 Å². The van der Waals surface area contributed by atoms with E-state index in [9.17, 15) is 5.11 Å². The Morgan fingerprint density at radius 3 is 2.55 bits per heavy atom. The monoisotopic (exact) mass is 280 g/mol. The Labute approximate surface area is 121 Å². The predicted molar refractivity (Wildman–Crippen MR) is 79.4 cm³/mol. The number of hydrogen-bond donors (Lipinski definition) is 2. The highest BCUT2D eigenvalue weighted by Crippen LogP contribution is 2.43. The normalized spacial score (nSPS) is 29.6. The first-order chi connectivity index (χ1) is 9.27. The molecule has 1 fully saturated rings. The molecule has 2 atom stereocenters. The van der Waals surface area contributed by atoms with E-state index >= 15 is 0 Å². The lowest BCUT2D eigenvalue weighted by molar-refractivity contribution is 0.0351. The van der Waals surface area contributed by atoms with Crippen LogP contribution >= 0.6 is 0 Å². The zero-order valence-electron chi connectivity index (χ0n) is 13.4. The first kappa shape index (κ1) is 15.5. The second kappa shape index (κ2) is 5.49. The number of aryl methyl sites for hydroxylation is 2. The molecule has 0 amide bonds. The van der Waals surface area contributed by atoms with Crippen LogP contribution in [0.1, 0.15) is 57.1 Å². The smallest absolute Gasteiger partial charge is 0.138 e. The van der Waals surface area contributed by atoms with Crippen LogP contribution in [0.3, 0.4) is 0 Å². The van der Waals surface area contributed by atoms with E-state index in [1.807, 2.05) is 13.8 Å². The van der Waals surface area contributed by atoms with Gasteiger partial charge in [-0.3, -0.25) is 0 Å². The fraction of sp³-hybridized carbons (Fsp3) is 0.812. The van der Waals surface area contributed by atoms with Gasteiger partial charge in [-0.05, 0) is 44.4 Å². The Morgan fingerprint density at radius 1 is 1.35 bits per heavy atom. The summed E-state index contributed by atoms with van der Waals surface area (Å²) in [5.74, 6) is 1.49. The molecule has 1 aromatic heterocycles. The molecule has 0 aromatic carbocycles. The number of nitrogens with zero attached hydrogens (tertiary/aromatic N) is 1. The van der Waals surface area contributed by atoms with Crippen LogP contribution in [-0.2, 0) is 6.54 Å². The van der Waals surface area contributed by atoms with E-state index in [1.54, 1.807) is 0 Å². The first-order valence-corrected chi connectivity index (χ1v) is 7.55. The van der Waals surface area contributed by atoms with Gasteiger partial charge in [0.1, 0.15) is 5.76 Å². The van der Waals surface area contributed by atoms with Gasteiger partial charge in [-0.1, -0.05) is 25.9 Å². The SMILES string of the molecule is Cc1noc(C)c1CN[C@@]1(CO)C[C@@H](C)CC(C)(C)C1. The van der Waals surface area contributed by atoms with Crippen LogP contribution < -0.4 is 5.32 Å². The van der Waals surface area contributed by atoms with Crippen molar-refractivity contribution in [3.05, 3.63) is 17.0 Å². The molecule has 1 aromatic rings. The third-order valence-electron chi connectivity index (χ3n) is 4.58. The van der Waals surface area contributed by atoms with Gasteiger partial charge in [0.05, 0.1) is 12.3 Å². The molecule has 2 rings (SSSR count). The first-order valence-electron chi connectivity index (χ1n) is 7.55. The summed E-state index contributed by atoms with van der Waals surface area (Å²) in [7, 11) is 0. The van der Waals surface area contributed by atoms with Crippen LogP contribution in [0.15, 0.2) is 4.52 Å². The van der Waals surface area contributed by atoms with Crippen LogP contribution in [0, 0.1) is 25.2 Å². The Morgan fingerprint density at radius 2 is 2.05 bits per heavy atom. The summed E-state index contributed by atoms with van der Waals surface area (Å²) in [6.07, 6.45) is 3.25. The Bertz CT molecular complexity index is 448. The maximum atomic E-state index is 9.96. The summed E-state index contributed by atoms with van der Waals surface area (Å²) in [6, 6.07) is 0. The van der Waals surface area contributed by atoms with Gasteiger partial charge in [-0.25, -0.2) is 0 Å². The van der Waals surface area contributed by atoms with Crippen molar-refractivity contribution >= 4 is 0 Å². The Hall–Kier alpha value is -0.870. The molecule has 0 unspecified atom stereocenters. The molecule has 114 valence electrons. The lowest BCUT2D eigenvalue weighted by atomic mass is 9.64. The Balaban J connectivity index is 2.12. The number of aliphatic hydroxyl groups excluding tert-OH is 1. The molecule has 0 spiro atoms. The van der Waals surface area contributed by atoms with E-state index in [0.717, 1.165) is 29.9 Å². The second-order valence-electron chi connectivity index (χ2n) is 7.45. The molecule has 1 saturated carbocycles. The third kappa shape index (κ3) is 3.23. The lowest BCUT2D eigenvalue weighted by Gasteiger charge is -2.47. The van der Waals surface area contributed by atoms with Crippen LogP contribution in [0.5, 0.6) is 0 Å². The maximum Gasteiger partial charge on any atom is 0.138 e. The summed E-state index contributed by atoms with van der Waals surface area (Å²) >= 11 is 0. The van der Waals surface area contributed by atoms with Crippen LogP contribution in [-0.4, -0.2) is 22.4 Å². The van der Waals surface area contributed by atoms with Gasteiger partial charge in [-0.15, -0.1) is 0 Å². The minimum Gasteiger partial charge on any atom is -0.394 e. The highest BCUT2D eigenvalue weighted by Gasteiger charge is 2.42. The van der Waals surface area contributed by atoms with E-state index in [4.69, 9.17) is 4.52 Å². The van der Waals surface area contributed by atoms with E-state index in [1.165, 1.54) is 6.42 Å². The molecule has 4 heteroatoms. The quantitative estimate of drug-likeness (QED) is 0.890. The zero-order chi connectivity index (χ0) is 15.0. The van der Waals surface area contributed by atoms with Gasteiger partial charge in [0.2, 0.25) is 0 Å². The number of aromatic nitrogens is 1.